The van der Waals surface area contributed by atoms with Crippen molar-refractivity contribution in [2.24, 2.45) is 0 Å². The second kappa shape index (κ2) is 5.28. The van der Waals surface area contributed by atoms with Crippen LogP contribution in [-0.4, -0.2) is 18.2 Å². The maximum absolute atomic E-state index is 14.0. The quantitative estimate of drug-likeness (QED) is 0.929. The van der Waals surface area contributed by atoms with Gasteiger partial charge < -0.3 is 9.84 Å². The van der Waals surface area contributed by atoms with Gasteiger partial charge in [-0.15, -0.1) is 0 Å². The zero-order chi connectivity index (χ0) is 14.0. The van der Waals surface area contributed by atoms with Crippen LogP contribution in [0.2, 0.25) is 5.02 Å². The Hall–Kier alpha value is -2.07. The third-order valence-corrected chi connectivity index (χ3v) is 3.01. The minimum atomic E-state index is -1.20. The molecule has 0 aliphatic carbocycles. The van der Waals surface area contributed by atoms with Crippen LogP contribution in [0.5, 0.6) is 5.75 Å². The molecule has 2 aromatic carbocycles. The van der Waals surface area contributed by atoms with Crippen molar-refractivity contribution in [3.63, 3.8) is 0 Å². The van der Waals surface area contributed by atoms with Crippen molar-refractivity contribution < 1.29 is 19.0 Å². The molecule has 0 fully saturated rings. The van der Waals surface area contributed by atoms with Crippen LogP contribution >= 0.6 is 11.6 Å². The van der Waals surface area contributed by atoms with E-state index in [1.54, 1.807) is 12.1 Å². The Kier molecular flexibility index (Phi) is 3.71. The van der Waals surface area contributed by atoms with Crippen LogP contribution in [0.15, 0.2) is 36.4 Å². The number of carbonyl (C=O) groups is 1. The van der Waals surface area contributed by atoms with E-state index in [1.807, 2.05) is 0 Å². The van der Waals surface area contributed by atoms with Crippen molar-refractivity contribution in [1.82, 2.24) is 0 Å². The first kappa shape index (κ1) is 13.4. The first-order valence-corrected chi connectivity index (χ1v) is 5.78. The summed E-state index contributed by atoms with van der Waals surface area (Å²) in [5, 5.41) is 9.24. The molecule has 0 heterocycles. The van der Waals surface area contributed by atoms with Crippen molar-refractivity contribution in [3.05, 3.63) is 52.8 Å². The standard InChI is InChI=1S/C14H10ClFO3/c1-19-8-5-6-9(12(16)7-8)10-3-2-4-11(15)13(10)14(17)18/h2-7H,1H3,(H,17,18). The normalized spacial score (nSPS) is 10.3. The topological polar surface area (TPSA) is 46.5 Å². The molecule has 0 aliphatic heterocycles. The lowest BCUT2D eigenvalue weighted by Crippen LogP contribution is -2.01. The Morgan fingerprint density at radius 1 is 1.26 bits per heavy atom. The van der Waals surface area contributed by atoms with Crippen molar-refractivity contribution >= 4 is 17.6 Å². The molecular formula is C14H10ClFO3. The maximum atomic E-state index is 14.0. The number of ether oxygens (including phenoxy) is 1. The SMILES string of the molecule is COc1ccc(-c2cccc(Cl)c2C(=O)O)c(F)c1. The summed E-state index contributed by atoms with van der Waals surface area (Å²) in [6, 6.07) is 8.77. The first-order valence-electron chi connectivity index (χ1n) is 5.40. The molecule has 3 nitrogen and oxygen atoms in total. The van der Waals surface area contributed by atoms with Crippen LogP contribution in [-0.2, 0) is 0 Å². The van der Waals surface area contributed by atoms with E-state index in [4.69, 9.17) is 21.4 Å². The molecule has 0 saturated carbocycles. The summed E-state index contributed by atoms with van der Waals surface area (Å²) in [7, 11) is 1.43. The fraction of sp³-hybridized carbons (Fsp3) is 0.0714. The van der Waals surface area contributed by atoms with E-state index in [1.165, 1.54) is 31.4 Å². The Balaban J connectivity index is 2.65. The minimum absolute atomic E-state index is 0.0696. The molecule has 1 N–H and O–H groups in total. The lowest BCUT2D eigenvalue weighted by Gasteiger charge is -2.10. The highest BCUT2D eigenvalue weighted by atomic mass is 35.5. The Bertz CT molecular complexity index is 641. The summed E-state index contributed by atoms with van der Waals surface area (Å²) < 4.78 is 18.9. The van der Waals surface area contributed by atoms with Gasteiger partial charge in [-0.3, -0.25) is 0 Å². The lowest BCUT2D eigenvalue weighted by molar-refractivity contribution is 0.0698. The van der Waals surface area contributed by atoms with E-state index >= 15 is 0 Å². The van der Waals surface area contributed by atoms with E-state index in [2.05, 4.69) is 0 Å². The second-order valence-electron chi connectivity index (χ2n) is 3.81. The van der Waals surface area contributed by atoms with Gasteiger partial charge in [0.05, 0.1) is 17.7 Å². The number of rotatable bonds is 3. The average Bonchev–Trinajstić information content (AvgIpc) is 2.37. The van der Waals surface area contributed by atoms with Crippen molar-refractivity contribution in [2.75, 3.05) is 7.11 Å². The van der Waals surface area contributed by atoms with Crippen LogP contribution in [0, 0.1) is 5.82 Å². The van der Waals surface area contributed by atoms with Gasteiger partial charge in [0.2, 0.25) is 0 Å². The van der Waals surface area contributed by atoms with Gasteiger partial charge >= 0.3 is 5.97 Å². The number of halogens is 2. The summed E-state index contributed by atoms with van der Waals surface area (Å²) in [6.45, 7) is 0. The van der Waals surface area contributed by atoms with E-state index in [0.29, 0.717) is 5.75 Å². The molecule has 5 heteroatoms. The average molecular weight is 281 g/mol. The molecule has 2 aromatic rings. The summed E-state index contributed by atoms with van der Waals surface area (Å²) in [5.41, 5.74) is 0.286. The molecule has 0 radical (unpaired) electrons. The molecule has 0 unspecified atom stereocenters. The maximum Gasteiger partial charge on any atom is 0.337 e. The number of hydrogen-bond acceptors (Lipinski definition) is 2. The highest BCUT2D eigenvalue weighted by Crippen LogP contribution is 2.32. The zero-order valence-corrected chi connectivity index (χ0v) is 10.7. The van der Waals surface area contributed by atoms with Crippen molar-refractivity contribution in [1.29, 1.82) is 0 Å². The van der Waals surface area contributed by atoms with Crippen LogP contribution in [0.3, 0.4) is 0 Å². The molecule has 0 bridgehead atoms. The highest BCUT2D eigenvalue weighted by Gasteiger charge is 2.18. The smallest absolute Gasteiger partial charge is 0.337 e. The van der Waals surface area contributed by atoms with Gasteiger partial charge in [-0.25, -0.2) is 9.18 Å². The summed E-state index contributed by atoms with van der Waals surface area (Å²) in [6.07, 6.45) is 0. The molecule has 0 saturated heterocycles. The number of carboxylic acids is 1. The van der Waals surface area contributed by atoms with Gasteiger partial charge in [0, 0.05) is 17.2 Å². The molecule has 98 valence electrons. The minimum Gasteiger partial charge on any atom is -0.497 e. The fourth-order valence-electron chi connectivity index (χ4n) is 1.81. The molecule has 0 spiro atoms. The Morgan fingerprint density at radius 2 is 2.00 bits per heavy atom. The van der Waals surface area contributed by atoms with Crippen molar-refractivity contribution in [2.45, 2.75) is 0 Å². The number of methoxy groups -OCH3 is 1. The summed E-state index contributed by atoms with van der Waals surface area (Å²) in [5.74, 6) is -1.40. The molecule has 19 heavy (non-hydrogen) atoms. The molecule has 0 aromatic heterocycles. The molecule has 2 rings (SSSR count). The van der Waals surface area contributed by atoms with Gasteiger partial charge in [-0.05, 0) is 18.2 Å². The van der Waals surface area contributed by atoms with E-state index in [0.717, 1.165) is 0 Å². The number of benzene rings is 2. The Morgan fingerprint density at radius 3 is 2.58 bits per heavy atom. The highest BCUT2D eigenvalue weighted by molar-refractivity contribution is 6.34. The molecular weight excluding hydrogens is 271 g/mol. The number of hydrogen-bond donors (Lipinski definition) is 1. The van der Waals surface area contributed by atoms with Gasteiger partial charge in [0.25, 0.3) is 0 Å². The van der Waals surface area contributed by atoms with Crippen LogP contribution < -0.4 is 4.74 Å². The second-order valence-corrected chi connectivity index (χ2v) is 4.22. The van der Waals surface area contributed by atoms with Crippen LogP contribution in [0.4, 0.5) is 4.39 Å². The Labute approximate surface area is 114 Å². The van der Waals surface area contributed by atoms with Gasteiger partial charge in [0.15, 0.2) is 0 Å². The van der Waals surface area contributed by atoms with E-state index in [9.17, 15) is 9.18 Å². The largest absolute Gasteiger partial charge is 0.497 e. The fourth-order valence-corrected chi connectivity index (χ4v) is 2.06. The van der Waals surface area contributed by atoms with E-state index < -0.39 is 11.8 Å². The molecule has 0 aliphatic rings. The van der Waals surface area contributed by atoms with Crippen LogP contribution in [0.1, 0.15) is 10.4 Å². The molecule has 0 atom stereocenters. The summed E-state index contributed by atoms with van der Waals surface area (Å²) in [4.78, 5) is 11.2. The summed E-state index contributed by atoms with van der Waals surface area (Å²) >= 11 is 5.86. The zero-order valence-electron chi connectivity index (χ0n) is 9.98. The lowest BCUT2D eigenvalue weighted by atomic mass is 9.99. The van der Waals surface area contributed by atoms with Crippen molar-refractivity contribution in [3.8, 4) is 16.9 Å². The number of aromatic carboxylic acids is 1. The van der Waals surface area contributed by atoms with Gasteiger partial charge in [-0.2, -0.15) is 0 Å². The third kappa shape index (κ3) is 2.53. The molecule has 0 amide bonds. The third-order valence-electron chi connectivity index (χ3n) is 2.69. The monoisotopic (exact) mass is 280 g/mol. The van der Waals surface area contributed by atoms with Gasteiger partial charge in [-0.1, -0.05) is 23.7 Å². The first-order chi connectivity index (χ1) is 9.04. The predicted molar refractivity (Wildman–Crippen MR) is 70.4 cm³/mol. The van der Waals surface area contributed by atoms with E-state index in [-0.39, 0.29) is 21.7 Å². The van der Waals surface area contributed by atoms with Crippen LogP contribution in [0.25, 0.3) is 11.1 Å². The predicted octanol–water partition coefficient (Wildman–Crippen LogP) is 3.85. The number of carboxylic acid groups (broad SMARTS) is 1. The van der Waals surface area contributed by atoms with Gasteiger partial charge in [0.1, 0.15) is 11.6 Å².